The first-order chi connectivity index (χ1) is 26.4. The Morgan fingerprint density at radius 3 is 1.56 bits per heavy atom. The van der Waals surface area contributed by atoms with Gasteiger partial charge in [0, 0.05) is 13.0 Å². The number of carbonyl (C=O) groups is 1. The van der Waals surface area contributed by atoms with E-state index in [1.807, 2.05) is 6.08 Å². The monoisotopic (exact) mass is 781 g/mol. The molecule has 0 rings (SSSR count). The zero-order valence-electron chi connectivity index (χ0n) is 35.0. The molecule has 0 aliphatic rings. The Balaban J connectivity index is 4.28. The van der Waals surface area contributed by atoms with Gasteiger partial charge in [-0.3, -0.25) is 13.8 Å². The van der Waals surface area contributed by atoms with Crippen molar-refractivity contribution in [1.82, 2.24) is 5.32 Å². The van der Waals surface area contributed by atoms with Crippen LogP contribution in [0.1, 0.15) is 200 Å². The van der Waals surface area contributed by atoms with E-state index in [2.05, 4.69) is 55.6 Å². The first-order valence-corrected chi connectivity index (χ1v) is 23.8. The molecule has 0 aliphatic heterocycles. The zero-order valence-corrected chi connectivity index (χ0v) is 35.8. The van der Waals surface area contributed by atoms with E-state index in [1.165, 1.54) is 116 Å². The normalized spacial score (nSPS) is 14.5. The van der Waals surface area contributed by atoms with Crippen LogP contribution < -0.4 is 11.1 Å². The molecule has 0 saturated carbocycles. The molecule has 0 saturated heterocycles. The summed E-state index contributed by atoms with van der Waals surface area (Å²) < 4.78 is 22.1. The third kappa shape index (κ3) is 38.7. The van der Waals surface area contributed by atoms with Gasteiger partial charge in [-0.2, -0.15) is 0 Å². The van der Waals surface area contributed by atoms with Crippen LogP contribution in [0.2, 0.25) is 0 Å². The highest BCUT2D eigenvalue weighted by atomic mass is 31.2. The molecule has 8 nitrogen and oxygen atoms in total. The van der Waals surface area contributed by atoms with Crippen molar-refractivity contribution in [3.05, 3.63) is 48.6 Å². The van der Waals surface area contributed by atoms with Crippen LogP contribution in [0.5, 0.6) is 0 Å². The Kier molecular flexibility index (Phi) is 39.9. The lowest BCUT2D eigenvalue weighted by molar-refractivity contribution is -0.123. The second-order valence-electron chi connectivity index (χ2n) is 14.9. The Morgan fingerprint density at radius 1 is 0.611 bits per heavy atom. The standard InChI is InChI=1S/C45H85N2O6P/c1-3-5-7-9-11-13-15-17-19-21-22-23-24-26-28-30-32-34-36-38-44(48)43(42-53-54(50,51)52-41-40-46)47-45(49)39-37-35-33-31-29-27-25-20-18-16-14-12-10-8-6-4-2/h14,16,20,25,28,30,36,38,43-44,48H,3-13,15,17-19,21-24,26-27,29,31-35,37,39-42,46H2,1-2H3,(H,47,49)(H,50,51)/b16-14-,25-20-,30-28+,38-36+. The smallest absolute Gasteiger partial charge is 0.387 e. The predicted molar refractivity (Wildman–Crippen MR) is 231 cm³/mol. The van der Waals surface area contributed by atoms with Crippen molar-refractivity contribution in [1.29, 1.82) is 0 Å². The Morgan fingerprint density at radius 2 is 1.04 bits per heavy atom. The number of allylic oxidation sites excluding steroid dienone is 7. The predicted octanol–water partition coefficient (Wildman–Crippen LogP) is 12.5. The minimum Gasteiger partial charge on any atom is -0.387 e. The van der Waals surface area contributed by atoms with Crippen LogP contribution in [0.25, 0.3) is 0 Å². The first kappa shape index (κ1) is 52.5. The van der Waals surface area contributed by atoms with Gasteiger partial charge in [-0.1, -0.05) is 178 Å². The number of phosphoric acid groups is 1. The highest BCUT2D eigenvalue weighted by Crippen LogP contribution is 2.43. The fourth-order valence-corrected chi connectivity index (χ4v) is 7.00. The van der Waals surface area contributed by atoms with Gasteiger partial charge in [0.2, 0.25) is 5.91 Å². The van der Waals surface area contributed by atoms with Crippen LogP contribution in [0.4, 0.5) is 0 Å². The number of carbonyl (C=O) groups excluding carboxylic acids is 1. The molecular weight excluding hydrogens is 695 g/mol. The number of unbranched alkanes of at least 4 members (excludes halogenated alkanes) is 23. The number of nitrogens with one attached hydrogen (secondary N) is 1. The molecule has 0 aliphatic carbocycles. The number of rotatable bonds is 41. The van der Waals surface area contributed by atoms with Crippen LogP contribution in [0.15, 0.2) is 48.6 Å². The first-order valence-electron chi connectivity index (χ1n) is 22.3. The van der Waals surface area contributed by atoms with E-state index in [-0.39, 0.29) is 25.7 Å². The highest BCUT2D eigenvalue weighted by Gasteiger charge is 2.26. The lowest BCUT2D eigenvalue weighted by atomic mass is 10.0. The van der Waals surface area contributed by atoms with Gasteiger partial charge in [-0.15, -0.1) is 0 Å². The van der Waals surface area contributed by atoms with Gasteiger partial charge in [0.25, 0.3) is 0 Å². The third-order valence-electron chi connectivity index (χ3n) is 9.63. The van der Waals surface area contributed by atoms with Crippen molar-refractivity contribution in [3.63, 3.8) is 0 Å². The minimum atomic E-state index is -4.35. The third-order valence-corrected chi connectivity index (χ3v) is 10.6. The largest absolute Gasteiger partial charge is 0.472 e. The molecule has 0 aromatic rings. The SMILES string of the molecule is CCCCCC/C=C\C/C=C\CCCCCCCC(=O)NC(COP(=O)(O)OCCN)C(O)/C=C/CC/C=C/CCCCCCCCCCCCCCC. The maximum atomic E-state index is 12.7. The molecule has 3 unspecified atom stereocenters. The molecule has 0 heterocycles. The molecule has 9 heteroatoms. The fourth-order valence-electron chi connectivity index (χ4n) is 6.24. The second-order valence-corrected chi connectivity index (χ2v) is 16.3. The molecule has 0 spiro atoms. The molecule has 0 bridgehead atoms. The summed E-state index contributed by atoms with van der Waals surface area (Å²) >= 11 is 0. The van der Waals surface area contributed by atoms with E-state index in [0.29, 0.717) is 6.42 Å². The van der Waals surface area contributed by atoms with Crippen LogP contribution in [0.3, 0.4) is 0 Å². The van der Waals surface area contributed by atoms with E-state index in [9.17, 15) is 19.4 Å². The average molecular weight is 781 g/mol. The van der Waals surface area contributed by atoms with E-state index in [4.69, 9.17) is 14.8 Å². The van der Waals surface area contributed by atoms with E-state index in [0.717, 1.165) is 64.2 Å². The van der Waals surface area contributed by atoms with Crippen molar-refractivity contribution in [3.8, 4) is 0 Å². The number of nitrogens with two attached hydrogens (primary N) is 1. The molecule has 5 N–H and O–H groups in total. The molecule has 1 amide bonds. The van der Waals surface area contributed by atoms with Crippen molar-refractivity contribution in [2.24, 2.45) is 5.73 Å². The quantitative estimate of drug-likeness (QED) is 0.0276. The fraction of sp³-hybridized carbons (Fsp3) is 0.800. The van der Waals surface area contributed by atoms with Gasteiger partial charge in [-0.25, -0.2) is 4.57 Å². The van der Waals surface area contributed by atoms with E-state index >= 15 is 0 Å². The number of phosphoric ester groups is 1. The number of hydrogen-bond acceptors (Lipinski definition) is 6. The van der Waals surface area contributed by atoms with Crippen LogP contribution in [-0.2, 0) is 18.4 Å². The summed E-state index contributed by atoms with van der Waals surface area (Å²) in [5, 5.41) is 13.6. The molecule has 0 fully saturated rings. The number of hydrogen-bond donors (Lipinski definition) is 4. The maximum Gasteiger partial charge on any atom is 0.472 e. The van der Waals surface area contributed by atoms with E-state index < -0.39 is 20.0 Å². The molecule has 54 heavy (non-hydrogen) atoms. The lowest BCUT2D eigenvalue weighted by Crippen LogP contribution is -2.45. The minimum absolute atomic E-state index is 0.0703. The summed E-state index contributed by atoms with van der Waals surface area (Å²) in [6.45, 7) is 4.09. The Hall–Kier alpha value is -1.54. The van der Waals surface area contributed by atoms with E-state index in [1.54, 1.807) is 6.08 Å². The zero-order chi connectivity index (χ0) is 39.6. The Labute approximate surface area is 332 Å². The van der Waals surface area contributed by atoms with Crippen LogP contribution in [-0.4, -0.2) is 47.8 Å². The molecule has 0 aromatic carbocycles. The van der Waals surface area contributed by atoms with Crippen molar-refractivity contribution < 1.29 is 28.4 Å². The molecule has 0 radical (unpaired) electrons. The van der Waals surface area contributed by atoms with Crippen molar-refractivity contribution in [2.75, 3.05) is 19.8 Å². The topological polar surface area (TPSA) is 131 Å². The molecule has 316 valence electrons. The van der Waals surface area contributed by atoms with Gasteiger partial charge in [0.05, 0.1) is 25.4 Å². The van der Waals surface area contributed by atoms with Crippen LogP contribution in [0, 0.1) is 0 Å². The van der Waals surface area contributed by atoms with Crippen molar-refractivity contribution in [2.45, 2.75) is 212 Å². The van der Waals surface area contributed by atoms with Gasteiger partial charge in [0.1, 0.15) is 0 Å². The lowest BCUT2D eigenvalue weighted by Gasteiger charge is -2.23. The number of amides is 1. The molecule has 0 aromatic heterocycles. The highest BCUT2D eigenvalue weighted by molar-refractivity contribution is 7.47. The molecular formula is C45H85N2O6P. The van der Waals surface area contributed by atoms with Crippen LogP contribution >= 0.6 is 7.82 Å². The summed E-state index contributed by atoms with van der Waals surface area (Å²) in [7, 11) is -4.35. The van der Waals surface area contributed by atoms with Crippen molar-refractivity contribution >= 4 is 13.7 Å². The number of aliphatic hydroxyl groups is 1. The number of aliphatic hydroxyl groups excluding tert-OH is 1. The summed E-state index contributed by atoms with van der Waals surface area (Å²) in [4.78, 5) is 22.7. The summed E-state index contributed by atoms with van der Waals surface area (Å²) in [5.41, 5.74) is 5.37. The Bertz CT molecular complexity index is 985. The van der Waals surface area contributed by atoms with Gasteiger partial charge < -0.3 is 21.1 Å². The summed E-state index contributed by atoms with van der Waals surface area (Å²) in [6, 6.07) is -0.885. The molecule has 3 atom stereocenters. The maximum absolute atomic E-state index is 12.7. The summed E-state index contributed by atoms with van der Waals surface area (Å²) in [5.74, 6) is -0.218. The van der Waals surface area contributed by atoms with Gasteiger partial charge >= 0.3 is 7.82 Å². The summed E-state index contributed by atoms with van der Waals surface area (Å²) in [6.07, 6.45) is 50.2. The average Bonchev–Trinajstić information content (AvgIpc) is 3.16. The van der Waals surface area contributed by atoms with Gasteiger partial charge in [0.15, 0.2) is 0 Å². The second kappa shape index (κ2) is 41.1. The van der Waals surface area contributed by atoms with Gasteiger partial charge in [-0.05, 0) is 64.2 Å².